The number of amides is 1. The number of hydrogen-bond donors (Lipinski definition) is 2. The molecule has 2 rings (SSSR count). The summed E-state index contributed by atoms with van der Waals surface area (Å²) in [6.07, 6.45) is 0. The molecule has 5 heteroatoms. The molecular formula is C18H20ClFN2O. The number of nitrogens with one attached hydrogen (secondary N) is 2. The van der Waals surface area contributed by atoms with Crippen molar-refractivity contribution in [2.24, 2.45) is 5.92 Å². The highest BCUT2D eigenvalue weighted by Gasteiger charge is 2.16. The van der Waals surface area contributed by atoms with Crippen molar-refractivity contribution in [2.75, 3.05) is 11.9 Å². The first-order valence-electron chi connectivity index (χ1n) is 7.50. The first kappa shape index (κ1) is 17.4. The minimum absolute atomic E-state index is 0.0217. The molecule has 0 aliphatic rings. The standard InChI is InChI=1S/C18H20ClFN2O/c1-12(2)18(13-3-7-15(20)8-4-13)21-11-17(23)22-16-9-5-14(19)6-10-16/h3-10,12,18,21H,11H2,1-2H3,(H,22,23)/t18-/m0/s1. The van der Waals surface area contributed by atoms with Crippen molar-refractivity contribution in [3.05, 3.63) is 64.9 Å². The molecule has 0 spiro atoms. The predicted molar refractivity (Wildman–Crippen MR) is 92.1 cm³/mol. The number of rotatable bonds is 6. The Labute approximate surface area is 140 Å². The number of anilines is 1. The molecule has 0 bridgehead atoms. The van der Waals surface area contributed by atoms with Gasteiger partial charge in [-0.2, -0.15) is 0 Å². The van der Waals surface area contributed by atoms with Crippen LogP contribution in [0.4, 0.5) is 10.1 Å². The highest BCUT2D eigenvalue weighted by Crippen LogP contribution is 2.21. The fraction of sp³-hybridized carbons (Fsp3) is 0.278. The van der Waals surface area contributed by atoms with Crippen LogP contribution in [0.2, 0.25) is 5.02 Å². The maximum absolute atomic E-state index is 13.0. The van der Waals surface area contributed by atoms with Crippen molar-refractivity contribution in [3.63, 3.8) is 0 Å². The van der Waals surface area contributed by atoms with Gasteiger partial charge in [0.2, 0.25) is 5.91 Å². The molecule has 0 fully saturated rings. The van der Waals surface area contributed by atoms with E-state index in [0.717, 1.165) is 5.56 Å². The van der Waals surface area contributed by atoms with E-state index in [-0.39, 0.29) is 30.2 Å². The summed E-state index contributed by atoms with van der Waals surface area (Å²) in [5.74, 6) is -0.138. The molecule has 2 N–H and O–H groups in total. The van der Waals surface area contributed by atoms with Crippen LogP contribution in [-0.4, -0.2) is 12.5 Å². The van der Waals surface area contributed by atoms with E-state index < -0.39 is 0 Å². The van der Waals surface area contributed by atoms with E-state index >= 15 is 0 Å². The summed E-state index contributed by atoms with van der Waals surface area (Å²) >= 11 is 5.81. The lowest BCUT2D eigenvalue weighted by Crippen LogP contribution is -2.33. The van der Waals surface area contributed by atoms with Gasteiger partial charge < -0.3 is 10.6 Å². The van der Waals surface area contributed by atoms with E-state index in [9.17, 15) is 9.18 Å². The maximum atomic E-state index is 13.0. The summed E-state index contributed by atoms with van der Waals surface area (Å²) in [5.41, 5.74) is 1.66. The van der Waals surface area contributed by atoms with E-state index in [0.29, 0.717) is 10.7 Å². The second kappa shape index (κ2) is 8.09. The molecular weight excluding hydrogens is 315 g/mol. The van der Waals surface area contributed by atoms with Crippen LogP contribution in [0.1, 0.15) is 25.5 Å². The van der Waals surface area contributed by atoms with Crippen LogP contribution in [0.25, 0.3) is 0 Å². The van der Waals surface area contributed by atoms with Gasteiger partial charge in [-0.1, -0.05) is 37.6 Å². The Hall–Kier alpha value is -1.91. The minimum Gasteiger partial charge on any atom is -0.325 e. The summed E-state index contributed by atoms with van der Waals surface area (Å²) in [6, 6.07) is 13.3. The molecule has 0 heterocycles. The summed E-state index contributed by atoms with van der Waals surface area (Å²) in [6.45, 7) is 4.28. The zero-order chi connectivity index (χ0) is 16.8. The number of carbonyl (C=O) groups excluding carboxylic acids is 1. The summed E-state index contributed by atoms with van der Waals surface area (Å²) in [4.78, 5) is 12.0. The van der Waals surface area contributed by atoms with Gasteiger partial charge in [-0.25, -0.2) is 4.39 Å². The van der Waals surface area contributed by atoms with Gasteiger partial charge in [-0.3, -0.25) is 4.79 Å². The molecule has 1 atom stereocenters. The van der Waals surface area contributed by atoms with Crippen LogP contribution in [-0.2, 0) is 4.79 Å². The van der Waals surface area contributed by atoms with Gasteiger partial charge >= 0.3 is 0 Å². The van der Waals surface area contributed by atoms with E-state index in [1.807, 2.05) is 0 Å². The number of hydrogen-bond acceptors (Lipinski definition) is 2. The van der Waals surface area contributed by atoms with Gasteiger partial charge in [0, 0.05) is 16.8 Å². The molecule has 0 saturated carbocycles. The Morgan fingerprint density at radius 1 is 1.09 bits per heavy atom. The van der Waals surface area contributed by atoms with Crippen LogP contribution in [0.3, 0.4) is 0 Å². The quantitative estimate of drug-likeness (QED) is 0.821. The van der Waals surface area contributed by atoms with Crippen molar-refractivity contribution in [1.82, 2.24) is 5.32 Å². The third-order valence-corrected chi connectivity index (χ3v) is 3.76. The molecule has 0 unspecified atom stereocenters. The molecule has 0 saturated heterocycles. The lowest BCUT2D eigenvalue weighted by Gasteiger charge is -2.22. The molecule has 0 aliphatic heterocycles. The molecule has 0 radical (unpaired) electrons. The van der Waals surface area contributed by atoms with Crippen molar-refractivity contribution in [3.8, 4) is 0 Å². The second-order valence-electron chi connectivity index (χ2n) is 5.71. The Kier molecular flexibility index (Phi) is 6.13. The van der Waals surface area contributed by atoms with Gasteiger partial charge in [0.1, 0.15) is 5.82 Å². The van der Waals surface area contributed by atoms with Crippen molar-refractivity contribution >= 4 is 23.2 Å². The molecule has 122 valence electrons. The highest BCUT2D eigenvalue weighted by atomic mass is 35.5. The zero-order valence-electron chi connectivity index (χ0n) is 13.1. The van der Waals surface area contributed by atoms with E-state index in [2.05, 4.69) is 24.5 Å². The SMILES string of the molecule is CC(C)[C@H](NCC(=O)Nc1ccc(Cl)cc1)c1ccc(F)cc1. The summed E-state index contributed by atoms with van der Waals surface area (Å²) < 4.78 is 13.0. The Balaban J connectivity index is 1.94. The fourth-order valence-corrected chi connectivity index (χ4v) is 2.48. The van der Waals surface area contributed by atoms with Gasteiger partial charge in [-0.05, 0) is 47.9 Å². The van der Waals surface area contributed by atoms with Gasteiger partial charge in [0.15, 0.2) is 0 Å². The Bertz CT molecular complexity index is 641. The predicted octanol–water partition coefficient (Wildman–Crippen LogP) is 4.40. The van der Waals surface area contributed by atoms with Crippen molar-refractivity contribution in [1.29, 1.82) is 0 Å². The average Bonchev–Trinajstić information content (AvgIpc) is 2.51. The van der Waals surface area contributed by atoms with Crippen LogP contribution in [0.5, 0.6) is 0 Å². The van der Waals surface area contributed by atoms with Gasteiger partial charge in [0.25, 0.3) is 0 Å². The highest BCUT2D eigenvalue weighted by molar-refractivity contribution is 6.30. The summed E-state index contributed by atoms with van der Waals surface area (Å²) in [7, 11) is 0. The smallest absolute Gasteiger partial charge is 0.238 e. The van der Waals surface area contributed by atoms with Gasteiger partial charge in [0.05, 0.1) is 6.54 Å². The first-order chi connectivity index (χ1) is 11.0. The van der Waals surface area contributed by atoms with Crippen LogP contribution in [0.15, 0.2) is 48.5 Å². The molecule has 1 amide bonds. The van der Waals surface area contributed by atoms with Crippen LogP contribution in [0, 0.1) is 11.7 Å². The monoisotopic (exact) mass is 334 g/mol. The zero-order valence-corrected chi connectivity index (χ0v) is 13.9. The largest absolute Gasteiger partial charge is 0.325 e. The van der Waals surface area contributed by atoms with E-state index in [4.69, 9.17) is 11.6 Å². The third kappa shape index (κ3) is 5.34. The number of carbonyl (C=O) groups is 1. The average molecular weight is 335 g/mol. The lowest BCUT2D eigenvalue weighted by atomic mass is 9.96. The molecule has 3 nitrogen and oxygen atoms in total. The number of halogens is 2. The Morgan fingerprint density at radius 3 is 2.26 bits per heavy atom. The van der Waals surface area contributed by atoms with Crippen molar-refractivity contribution in [2.45, 2.75) is 19.9 Å². The maximum Gasteiger partial charge on any atom is 0.238 e. The van der Waals surface area contributed by atoms with E-state index in [1.165, 1.54) is 12.1 Å². The molecule has 2 aromatic rings. The van der Waals surface area contributed by atoms with Crippen LogP contribution >= 0.6 is 11.6 Å². The normalized spacial score (nSPS) is 12.2. The molecule has 0 aromatic heterocycles. The first-order valence-corrected chi connectivity index (χ1v) is 7.88. The third-order valence-electron chi connectivity index (χ3n) is 3.51. The molecule has 0 aliphatic carbocycles. The lowest BCUT2D eigenvalue weighted by molar-refractivity contribution is -0.115. The minimum atomic E-state index is -0.267. The number of benzene rings is 2. The topological polar surface area (TPSA) is 41.1 Å². The summed E-state index contributed by atoms with van der Waals surface area (Å²) in [5, 5.41) is 6.65. The van der Waals surface area contributed by atoms with E-state index in [1.54, 1.807) is 36.4 Å². The molecule has 2 aromatic carbocycles. The van der Waals surface area contributed by atoms with Crippen LogP contribution < -0.4 is 10.6 Å². The van der Waals surface area contributed by atoms with Gasteiger partial charge in [-0.15, -0.1) is 0 Å². The molecule has 23 heavy (non-hydrogen) atoms. The fourth-order valence-electron chi connectivity index (χ4n) is 2.35. The second-order valence-corrected chi connectivity index (χ2v) is 6.15. The van der Waals surface area contributed by atoms with Crippen molar-refractivity contribution < 1.29 is 9.18 Å². The Morgan fingerprint density at radius 2 is 1.70 bits per heavy atom.